The first-order valence-corrected chi connectivity index (χ1v) is 6.90. The summed E-state index contributed by atoms with van der Waals surface area (Å²) >= 11 is 0. The summed E-state index contributed by atoms with van der Waals surface area (Å²) in [6.07, 6.45) is 2.72. The van der Waals surface area contributed by atoms with Crippen molar-refractivity contribution in [2.45, 2.75) is 39.7 Å². The van der Waals surface area contributed by atoms with Crippen LogP contribution in [0.2, 0.25) is 0 Å². The van der Waals surface area contributed by atoms with Crippen LogP contribution in [0, 0.1) is 19.8 Å². The molecule has 1 fully saturated rings. The number of aromatic nitrogens is 2. The molecule has 0 bridgehead atoms. The molecule has 1 aliphatic rings. The van der Waals surface area contributed by atoms with Crippen LogP contribution in [0.15, 0.2) is 0 Å². The SMILES string of the molecule is Cc1nn(C)c(C)c1C(C)NCCOCC1CC1. The minimum Gasteiger partial charge on any atom is -0.380 e. The van der Waals surface area contributed by atoms with Gasteiger partial charge in [0, 0.05) is 37.5 Å². The van der Waals surface area contributed by atoms with E-state index in [2.05, 4.69) is 31.2 Å². The molecule has 1 atom stereocenters. The first-order valence-electron chi connectivity index (χ1n) is 6.90. The third-order valence-electron chi connectivity index (χ3n) is 3.75. The van der Waals surface area contributed by atoms with Gasteiger partial charge in [0.05, 0.1) is 12.3 Å². The van der Waals surface area contributed by atoms with Gasteiger partial charge in [-0.15, -0.1) is 0 Å². The van der Waals surface area contributed by atoms with Crippen molar-refractivity contribution in [2.24, 2.45) is 13.0 Å². The lowest BCUT2D eigenvalue weighted by molar-refractivity contribution is 0.124. The van der Waals surface area contributed by atoms with Crippen LogP contribution in [0.3, 0.4) is 0 Å². The highest BCUT2D eigenvalue weighted by Gasteiger charge is 2.21. The number of nitrogens with zero attached hydrogens (tertiary/aromatic N) is 2. The van der Waals surface area contributed by atoms with Crippen LogP contribution in [-0.2, 0) is 11.8 Å². The van der Waals surface area contributed by atoms with Crippen molar-refractivity contribution in [1.29, 1.82) is 0 Å². The molecule has 1 heterocycles. The van der Waals surface area contributed by atoms with E-state index in [0.29, 0.717) is 6.04 Å². The molecule has 1 saturated carbocycles. The Kier molecular flexibility index (Phi) is 4.40. The fraction of sp³-hybridized carbons (Fsp3) is 0.786. The van der Waals surface area contributed by atoms with E-state index in [1.807, 2.05) is 11.7 Å². The van der Waals surface area contributed by atoms with Gasteiger partial charge >= 0.3 is 0 Å². The van der Waals surface area contributed by atoms with Crippen LogP contribution in [0.1, 0.15) is 42.8 Å². The highest BCUT2D eigenvalue weighted by atomic mass is 16.5. The van der Waals surface area contributed by atoms with Gasteiger partial charge in [-0.05, 0) is 39.5 Å². The maximum Gasteiger partial charge on any atom is 0.0644 e. The van der Waals surface area contributed by atoms with Crippen LogP contribution in [0.5, 0.6) is 0 Å². The third-order valence-corrected chi connectivity index (χ3v) is 3.75. The van der Waals surface area contributed by atoms with Crippen molar-refractivity contribution in [3.63, 3.8) is 0 Å². The molecule has 18 heavy (non-hydrogen) atoms. The fourth-order valence-corrected chi connectivity index (χ4v) is 2.40. The van der Waals surface area contributed by atoms with Crippen LogP contribution in [0.25, 0.3) is 0 Å². The molecule has 4 nitrogen and oxygen atoms in total. The van der Waals surface area contributed by atoms with Gasteiger partial charge in [0.2, 0.25) is 0 Å². The van der Waals surface area contributed by atoms with Gasteiger partial charge in [-0.2, -0.15) is 5.10 Å². The second-order valence-corrected chi connectivity index (χ2v) is 5.40. The molecule has 2 rings (SSSR count). The Bertz CT molecular complexity index is 396. The highest BCUT2D eigenvalue weighted by Crippen LogP contribution is 2.28. The molecular formula is C14H25N3O. The average molecular weight is 251 g/mol. The molecule has 0 radical (unpaired) electrons. The molecular weight excluding hydrogens is 226 g/mol. The molecule has 0 aromatic carbocycles. The van der Waals surface area contributed by atoms with Crippen molar-refractivity contribution in [1.82, 2.24) is 15.1 Å². The Morgan fingerprint density at radius 1 is 1.44 bits per heavy atom. The van der Waals surface area contributed by atoms with Crippen molar-refractivity contribution in [2.75, 3.05) is 19.8 Å². The second-order valence-electron chi connectivity index (χ2n) is 5.40. The van der Waals surface area contributed by atoms with Gasteiger partial charge in [0.25, 0.3) is 0 Å². The van der Waals surface area contributed by atoms with Crippen LogP contribution < -0.4 is 5.32 Å². The van der Waals surface area contributed by atoms with E-state index in [0.717, 1.165) is 31.4 Å². The number of ether oxygens (including phenoxy) is 1. The van der Waals surface area contributed by atoms with Gasteiger partial charge in [-0.3, -0.25) is 4.68 Å². The maximum atomic E-state index is 5.63. The monoisotopic (exact) mass is 251 g/mol. The number of hydrogen-bond donors (Lipinski definition) is 1. The highest BCUT2D eigenvalue weighted by molar-refractivity contribution is 5.27. The fourth-order valence-electron chi connectivity index (χ4n) is 2.40. The normalized spacial score (nSPS) is 17.1. The first kappa shape index (κ1) is 13.6. The second kappa shape index (κ2) is 5.85. The summed E-state index contributed by atoms with van der Waals surface area (Å²) < 4.78 is 7.58. The topological polar surface area (TPSA) is 39.1 Å². The van der Waals surface area contributed by atoms with Gasteiger partial charge in [0.1, 0.15) is 0 Å². The Hall–Kier alpha value is -0.870. The Labute approximate surface area is 110 Å². The molecule has 1 N–H and O–H groups in total. The molecule has 0 aliphatic heterocycles. The number of rotatable bonds is 7. The minimum atomic E-state index is 0.336. The van der Waals surface area contributed by atoms with Crippen LogP contribution in [-0.4, -0.2) is 29.5 Å². The first-order chi connectivity index (χ1) is 8.59. The van der Waals surface area contributed by atoms with E-state index in [4.69, 9.17) is 4.74 Å². The molecule has 1 aromatic rings. The van der Waals surface area contributed by atoms with Crippen molar-refractivity contribution >= 4 is 0 Å². The number of nitrogens with one attached hydrogen (secondary N) is 1. The number of aryl methyl sites for hydroxylation is 2. The van der Waals surface area contributed by atoms with Crippen molar-refractivity contribution < 1.29 is 4.74 Å². The predicted molar refractivity (Wildman–Crippen MR) is 72.6 cm³/mol. The minimum absolute atomic E-state index is 0.336. The molecule has 0 spiro atoms. The molecule has 102 valence electrons. The smallest absolute Gasteiger partial charge is 0.0644 e. The van der Waals surface area contributed by atoms with Gasteiger partial charge in [-0.1, -0.05) is 0 Å². The predicted octanol–water partition coefficient (Wildman–Crippen LogP) is 2.11. The Morgan fingerprint density at radius 2 is 2.17 bits per heavy atom. The average Bonchev–Trinajstić information content (AvgIpc) is 3.08. The maximum absolute atomic E-state index is 5.63. The lowest BCUT2D eigenvalue weighted by Gasteiger charge is -2.14. The summed E-state index contributed by atoms with van der Waals surface area (Å²) in [5.41, 5.74) is 3.68. The third kappa shape index (κ3) is 3.33. The summed E-state index contributed by atoms with van der Waals surface area (Å²) in [7, 11) is 2.00. The van der Waals surface area contributed by atoms with Crippen LogP contribution in [0.4, 0.5) is 0 Å². The zero-order chi connectivity index (χ0) is 13.1. The lowest BCUT2D eigenvalue weighted by atomic mass is 10.1. The number of hydrogen-bond acceptors (Lipinski definition) is 3. The summed E-state index contributed by atoms with van der Waals surface area (Å²) in [5.74, 6) is 0.852. The van der Waals surface area contributed by atoms with E-state index < -0.39 is 0 Å². The van der Waals surface area contributed by atoms with Gasteiger partial charge in [0.15, 0.2) is 0 Å². The molecule has 4 heteroatoms. The van der Waals surface area contributed by atoms with E-state index in [1.54, 1.807) is 0 Å². The molecule has 0 saturated heterocycles. The van der Waals surface area contributed by atoms with Crippen LogP contribution >= 0.6 is 0 Å². The molecule has 1 unspecified atom stereocenters. The molecule has 0 amide bonds. The Morgan fingerprint density at radius 3 is 2.72 bits per heavy atom. The van der Waals surface area contributed by atoms with Gasteiger partial charge in [-0.25, -0.2) is 0 Å². The zero-order valence-electron chi connectivity index (χ0n) is 12.0. The summed E-state index contributed by atoms with van der Waals surface area (Å²) in [6.45, 7) is 9.04. The Balaban J connectivity index is 1.74. The summed E-state index contributed by atoms with van der Waals surface area (Å²) in [4.78, 5) is 0. The largest absolute Gasteiger partial charge is 0.380 e. The quantitative estimate of drug-likeness (QED) is 0.754. The van der Waals surface area contributed by atoms with E-state index in [9.17, 15) is 0 Å². The van der Waals surface area contributed by atoms with E-state index >= 15 is 0 Å². The summed E-state index contributed by atoms with van der Waals surface area (Å²) in [6, 6.07) is 0.336. The zero-order valence-corrected chi connectivity index (χ0v) is 12.0. The standard InChI is InChI=1S/C14H25N3O/c1-10(14-11(2)16-17(4)12(14)3)15-7-8-18-9-13-5-6-13/h10,13,15H,5-9H2,1-4H3. The van der Waals surface area contributed by atoms with Gasteiger partial charge < -0.3 is 10.1 Å². The van der Waals surface area contributed by atoms with E-state index in [1.165, 1.54) is 24.1 Å². The van der Waals surface area contributed by atoms with Crippen molar-refractivity contribution in [3.8, 4) is 0 Å². The van der Waals surface area contributed by atoms with E-state index in [-0.39, 0.29) is 0 Å². The van der Waals surface area contributed by atoms with Crippen molar-refractivity contribution in [3.05, 3.63) is 17.0 Å². The lowest BCUT2D eigenvalue weighted by Crippen LogP contribution is -2.24. The molecule has 1 aromatic heterocycles. The molecule has 1 aliphatic carbocycles. The summed E-state index contributed by atoms with van der Waals surface area (Å²) in [5, 5.41) is 7.96.